The minimum Gasteiger partial charge on any atom is -0.497 e. The highest BCUT2D eigenvalue weighted by Gasteiger charge is 2.11. The van der Waals surface area contributed by atoms with Crippen LogP contribution in [0, 0.1) is 6.92 Å². The van der Waals surface area contributed by atoms with Gasteiger partial charge in [0.15, 0.2) is 5.78 Å². The van der Waals surface area contributed by atoms with Crippen molar-refractivity contribution in [3.63, 3.8) is 0 Å². The van der Waals surface area contributed by atoms with Crippen LogP contribution < -0.4 is 4.74 Å². The Labute approximate surface area is 105 Å². The highest BCUT2D eigenvalue weighted by atomic mass is 32.1. The van der Waals surface area contributed by atoms with Gasteiger partial charge in [-0.15, -0.1) is 11.3 Å². The fraction of sp³-hybridized carbons (Fsp3) is 0.214. The van der Waals surface area contributed by atoms with E-state index in [4.69, 9.17) is 4.74 Å². The molecule has 2 nitrogen and oxygen atoms in total. The number of carbonyl (C=O) groups is 1. The van der Waals surface area contributed by atoms with Crippen LogP contribution in [0.25, 0.3) is 0 Å². The summed E-state index contributed by atoms with van der Waals surface area (Å²) in [6, 6.07) is 9.60. The fourth-order valence-corrected chi connectivity index (χ4v) is 2.53. The number of ketones is 1. The Balaban J connectivity index is 2.10. The predicted molar refractivity (Wildman–Crippen MR) is 70.1 cm³/mol. The van der Waals surface area contributed by atoms with Gasteiger partial charge >= 0.3 is 0 Å². The Morgan fingerprint density at radius 2 is 1.94 bits per heavy atom. The summed E-state index contributed by atoms with van der Waals surface area (Å²) in [4.78, 5) is 12.9. The third-order valence-electron chi connectivity index (χ3n) is 2.64. The van der Waals surface area contributed by atoms with Crippen LogP contribution in [0.3, 0.4) is 0 Å². The van der Waals surface area contributed by atoms with Crippen molar-refractivity contribution in [2.75, 3.05) is 7.11 Å². The van der Waals surface area contributed by atoms with Gasteiger partial charge in [0.1, 0.15) is 5.75 Å². The third kappa shape index (κ3) is 2.74. The Bertz CT molecular complexity index is 511. The summed E-state index contributed by atoms with van der Waals surface area (Å²) in [5, 5.41) is 1.95. The normalized spacial score (nSPS) is 10.2. The average Bonchev–Trinajstić information content (AvgIpc) is 2.76. The number of hydrogen-bond acceptors (Lipinski definition) is 3. The smallest absolute Gasteiger partial charge is 0.177 e. The molecule has 0 spiro atoms. The zero-order valence-electron chi connectivity index (χ0n) is 9.90. The van der Waals surface area contributed by atoms with Crippen LogP contribution in [-0.4, -0.2) is 12.9 Å². The molecule has 0 radical (unpaired) electrons. The summed E-state index contributed by atoms with van der Waals surface area (Å²) < 4.78 is 5.08. The van der Waals surface area contributed by atoms with E-state index in [1.54, 1.807) is 7.11 Å². The molecule has 0 bridgehead atoms. The lowest BCUT2D eigenvalue weighted by molar-refractivity contribution is 0.0996. The van der Waals surface area contributed by atoms with Crippen molar-refractivity contribution < 1.29 is 9.53 Å². The van der Waals surface area contributed by atoms with E-state index in [2.05, 4.69) is 0 Å². The first-order valence-corrected chi connectivity index (χ1v) is 6.29. The van der Waals surface area contributed by atoms with Gasteiger partial charge in [0.2, 0.25) is 0 Å². The predicted octanol–water partition coefficient (Wildman–Crippen LogP) is 3.49. The lowest BCUT2D eigenvalue weighted by atomic mass is 10.1. The van der Waals surface area contributed by atoms with Crippen LogP contribution >= 0.6 is 11.3 Å². The van der Waals surface area contributed by atoms with Gasteiger partial charge in [0.25, 0.3) is 0 Å². The summed E-state index contributed by atoms with van der Waals surface area (Å²) in [7, 11) is 1.63. The number of Topliss-reactive ketones (excluding diaryl/α,β-unsaturated/α-hetero) is 1. The van der Waals surface area contributed by atoms with Gasteiger partial charge < -0.3 is 4.74 Å². The van der Waals surface area contributed by atoms with Crippen molar-refractivity contribution in [1.82, 2.24) is 0 Å². The second-order valence-corrected chi connectivity index (χ2v) is 4.80. The summed E-state index contributed by atoms with van der Waals surface area (Å²) in [6.07, 6.45) is 0.450. The topological polar surface area (TPSA) is 26.3 Å². The molecule has 0 unspecified atom stereocenters. The Kier molecular flexibility index (Phi) is 3.59. The van der Waals surface area contributed by atoms with E-state index in [1.165, 1.54) is 11.3 Å². The molecule has 0 fully saturated rings. The Morgan fingerprint density at radius 1 is 1.24 bits per heavy atom. The van der Waals surface area contributed by atoms with Gasteiger partial charge in [-0.25, -0.2) is 0 Å². The number of benzene rings is 1. The van der Waals surface area contributed by atoms with Gasteiger partial charge in [0, 0.05) is 6.42 Å². The van der Waals surface area contributed by atoms with Crippen molar-refractivity contribution in [1.29, 1.82) is 0 Å². The first kappa shape index (κ1) is 11.9. The van der Waals surface area contributed by atoms with Gasteiger partial charge in [-0.2, -0.15) is 0 Å². The highest BCUT2D eigenvalue weighted by Crippen LogP contribution is 2.19. The van der Waals surface area contributed by atoms with Crippen molar-refractivity contribution in [3.8, 4) is 5.75 Å². The second kappa shape index (κ2) is 5.15. The molecule has 88 valence electrons. The first-order valence-electron chi connectivity index (χ1n) is 5.41. The van der Waals surface area contributed by atoms with Crippen LogP contribution in [0.2, 0.25) is 0 Å². The standard InChI is InChI=1S/C14H14O2S/c1-10-7-8-17-14(10)13(15)9-11-3-5-12(16-2)6-4-11/h3-8H,9H2,1-2H3. The highest BCUT2D eigenvalue weighted by molar-refractivity contribution is 7.12. The molecule has 2 rings (SSSR count). The maximum absolute atomic E-state index is 12.0. The van der Waals surface area contributed by atoms with Crippen LogP contribution in [0.5, 0.6) is 5.75 Å². The van der Waals surface area contributed by atoms with Crippen LogP contribution in [0.4, 0.5) is 0 Å². The van der Waals surface area contributed by atoms with E-state index in [-0.39, 0.29) is 5.78 Å². The zero-order valence-corrected chi connectivity index (χ0v) is 10.7. The molecule has 17 heavy (non-hydrogen) atoms. The summed E-state index contributed by atoms with van der Waals surface area (Å²) in [5.41, 5.74) is 2.08. The minimum absolute atomic E-state index is 0.183. The summed E-state index contributed by atoms with van der Waals surface area (Å²) in [6.45, 7) is 1.97. The minimum atomic E-state index is 0.183. The maximum atomic E-state index is 12.0. The monoisotopic (exact) mass is 246 g/mol. The molecule has 2 aromatic rings. The molecule has 0 saturated carbocycles. The second-order valence-electron chi connectivity index (χ2n) is 3.88. The van der Waals surface area contributed by atoms with Gasteiger partial charge in [-0.05, 0) is 41.6 Å². The fourth-order valence-electron chi connectivity index (χ4n) is 1.67. The van der Waals surface area contributed by atoms with Gasteiger partial charge in [-0.1, -0.05) is 12.1 Å². The molecule has 0 N–H and O–H groups in total. The zero-order chi connectivity index (χ0) is 12.3. The van der Waals surface area contributed by atoms with Crippen molar-refractivity contribution in [2.24, 2.45) is 0 Å². The largest absolute Gasteiger partial charge is 0.497 e. The molecule has 1 aromatic carbocycles. The maximum Gasteiger partial charge on any atom is 0.177 e. The molecular weight excluding hydrogens is 232 g/mol. The summed E-state index contributed by atoms with van der Waals surface area (Å²) >= 11 is 1.51. The number of hydrogen-bond donors (Lipinski definition) is 0. The SMILES string of the molecule is COc1ccc(CC(=O)c2sccc2C)cc1. The number of aryl methyl sites for hydroxylation is 1. The number of methoxy groups -OCH3 is 1. The third-order valence-corrected chi connectivity index (χ3v) is 3.70. The van der Waals surface area contributed by atoms with Crippen molar-refractivity contribution >= 4 is 17.1 Å². The van der Waals surface area contributed by atoms with Gasteiger partial charge in [0.05, 0.1) is 12.0 Å². The first-order chi connectivity index (χ1) is 8.20. The van der Waals surface area contributed by atoms with E-state index in [9.17, 15) is 4.79 Å². The van der Waals surface area contributed by atoms with Crippen LogP contribution in [-0.2, 0) is 6.42 Å². The Hall–Kier alpha value is -1.61. The Morgan fingerprint density at radius 3 is 2.47 bits per heavy atom. The molecular formula is C14H14O2S. The molecule has 0 aliphatic rings. The molecule has 0 atom stereocenters. The van der Waals surface area contributed by atoms with Crippen molar-refractivity contribution in [2.45, 2.75) is 13.3 Å². The van der Waals surface area contributed by atoms with E-state index in [0.29, 0.717) is 6.42 Å². The lowest BCUT2D eigenvalue weighted by Gasteiger charge is -2.03. The average molecular weight is 246 g/mol. The molecule has 0 amide bonds. The van der Waals surface area contributed by atoms with Crippen LogP contribution in [0.15, 0.2) is 35.7 Å². The molecule has 1 heterocycles. The van der Waals surface area contributed by atoms with E-state index in [0.717, 1.165) is 21.8 Å². The van der Waals surface area contributed by atoms with Crippen LogP contribution in [0.1, 0.15) is 20.8 Å². The molecule has 3 heteroatoms. The number of ether oxygens (including phenoxy) is 1. The molecule has 0 aliphatic heterocycles. The molecule has 0 saturated heterocycles. The van der Waals surface area contributed by atoms with E-state index < -0.39 is 0 Å². The molecule has 1 aromatic heterocycles. The van der Waals surface area contributed by atoms with E-state index >= 15 is 0 Å². The molecule has 0 aliphatic carbocycles. The van der Waals surface area contributed by atoms with Crippen molar-refractivity contribution in [3.05, 3.63) is 51.7 Å². The number of rotatable bonds is 4. The lowest BCUT2D eigenvalue weighted by Crippen LogP contribution is -2.02. The number of thiophene rings is 1. The quantitative estimate of drug-likeness (QED) is 0.772. The summed E-state index contributed by atoms with van der Waals surface area (Å²) in [5.74, 6) is 0.996. The number of carbonyl (C=O) groups excluding carboxylic acids is 1. The van der Waals surface area contributed by atoms with Gasteiger partial charge in [-0.3, -0.25) is 4.79 Å². The van der Waals surface area contributed by atoms with E-state index in [1.807, 2.05) is 42.6 Å².